The lowest BCUT2D eigenvalue weighted by atomic mass is 10.0. The van der Waals surface area contributed by atoms with Crippen LogP contribution in [0.15, 0.2) is 65.4 Å². The van der Waals surface area contributed by atoms with E-state index in [4.69, 9.17) is 9.26 Å². The quantitative estimate of drug-likeness (QED) is 0.417. The molecule has 0 aliphatic rings. The number of aryl methyl sites for hydroxylation is 2. The van der Waals surface area contributed by atoms with Crippen LogP contribution in [0.1, 0.15) is 36.2 Å². The highest BCUT2D eigenvalue weighted by Crippen LogP contribution is 2.24. The second-order valence-corrected chi connectivity index (χ2v) is 7.55. The maximum atomic E-state index is 13.1. The topological polar surface area (TPSA) is 95.1 Å². The Hall–Kier alpha value is -4.01. The first-order valence-corrected chi connectivity index (χ1v) is 10.5. The van der Waals surface area contributed by atoms with E-state index in [1.807, 2.05) is 42.1 Å². The molecule has 0 saturated carbocycles. The van der Waals surface area contributed by atoms with Gasteiger partial charge in [0.1, 0.15) is 23.4 Å². The van der Waals surface area contributed by atoms with Gasteiger partial charge in [-0.15, -0.1) is 0 Å². The first-order valence-electron chi connectivity index (χ1n) is 10.5. The molecule has 0 aliphatic carbocycles. The molecule has 2 aromatic carbocycles. The van der Waals surface area contributed by atoms with Crippen molar-refractivity contribution < 1.29 is 18.4 Å². The molecular weight excluding hydrogens is 425 g/mol. The highest BCUT2D eigenvalue weighted by atomic mass is 19.1. The number of hydrogen-bond acceptors (Lipinski definition) is 6. The molecule has 1 unspecified atom stereocenters. The molecule has 1 atom stereocenters. The van der Waals surface area contributed by atoms with Crippen LogP contribution in [0.25, 0.3) is 11.4 Å². The molecule has 170 valence electrons. The third-order valence-corrected chi connectivity index (χ3v) is 5.21. The molecule has 1 N–H and O–H groups in total. The van der Waals surface area contributed by atoms with Crippen LogP contribution >= 0.6 is 0 Å². The van der Waals surface area contributed by atoms with Gasteiger partial charge < -0.3 is 19.1 Å². The van der Waals surface area contributed by atoms with Gasteiger partial charge in [-0.1, -0.05) is 17.3 Å². The zero-order valence-electron chi connectivity index (χ0n) is 18.4. The number of methoxy groups -OCH3 is 1. The maximum Gasteiger partial charge on any atom is 0.226 e. The van der Waals surface area contributed by atoms with Gasteiger partial charge in [-0.2, -0.15) is 4.98 Å². The molecule has 2 heterocycles. The van der Waals surface area contributed by atoms with Crippen molar-refractivity contribution in [2.45, 2.75) is 25.3 Å². The molecule has 9 heteroatoms. The normalized spacial score (nSPS) is 11.8. The van der Waals surface area contributed by atoms with Crippen LogP contribution in [0.4, 0.5) is 4.39 Å². The first kappa shape index (κ1) is 22.2. The van der Waals surface area contributed by atoms with Crippen LogP contribution in [-0.2, 0) is 18.3 Å². The Bertz CT molecular complexity index is 1220. The zero-order valence-corrected chi connectivity index (χ0v) is 18.4. The van der Waals surface area contributed by atoms with E-state index in [0.29, 0.717) is 35.9 Å². The Morgan fingerprint density at radius 2 is 2.06 bits per heavy atom. The number of carbonyl (C=O) groups excluding carboxylic acids is 1. The minimum atomic E-state index is -0.416. The van der Waals surface area contributed by atoms with Gasteiger partial charge in [0, 0.05) is 37.8 Å². The van der Waals surface area contributed by atoms with E-state index in [9.17, 15) is 9.18 Å². The van der Waals surface area contributed by atoms with Crippen LogP contribution in [0.5, 0.6) is 5.75 Å². The van der Waals surface area contributed by atoms with E-state index in [1.165, 1.54) is 12.1 Å². The van der Waals surface area contributed by atoms with E-state index in [0.717, 1.165) is 11.4 Å². The molecule has 0 aliphatic heterocycles. The lowest BCUT2D eigenvalue weighted by Crippen LogP contribution is -2.31. The molecule has 0 fully saturated rings. The maximum absolute atomic E-state index is 13.1. The average Bonchev–Trinajstić information content (AvgIpc) is 3.47. The summed E-state index contributed by atoms with van der Waals surface area (Å²) in [7, 11) is 3.49. The Morgan fingerprint density at radius 1 is 1.24 bits per heavy atom. The molecule has 0 spiro atoms. The standard InChI is InChI=1S/C24H24FN5O3/c1-30-14-13-26-24(30)22(17-5-3-6-19(15-17)32-2)27-20(31)7-4-8-21-28-23(29-33-21)16-9-11-18(25)12-10-16/h3,5-6,9-15,22H,4,7-8H2,1-2H3,(H,27,31). The number of carbonyl (C=O) groups is 1. The van der Waals surface area contributed by atoms with Crippen LogP contribution in [-0.4, -0.2) is 32.7 Å². The van der Waals surface area contributed by atoms with Gasteiger partial charge in [-0.3, -0.25) is 4.79 Å². The zero-order chi connectivity index (χ0) is 23.2. The van der Waals surface area contributed by atoms with Gasteiger partial charge in [0.2, 0.25) is 17.6 Å². The van der Waals surface area contributed by atoms with E-state index in [1.54, 1.807) is 25.4 Å². The Balaban J connectivity index is 1.38. The Morgan fingerprint density at radius 3 is 2.79 bits per heavy atom. The molecule has 8 nitrogen and oxygen atoms in total. The highest BCUT2D eigenvalue weighted by molar-refractivity contribution is 5.76. The van der Waals surface area contributed by atoms with Crippen LogP contribution in [0.2, 0.25) is 0 Å². The minimum Gasteiger partial charge on any atom is -0.497 e. The van der Waals surface area contributed by atoms with Crippen molar-refractivity contribution >= 4 is 5.91 Å². The van der Waals surface area contributed by atoms with Gasteiger partial charge in [0.15, 0.2) is 0 Å². The Labute approximate surface area is 190 Å². The number of benzene rings is 2. The van der Waals surface area contributed by atoms with Crippen molar-refractivity contribution in [1.29, 1.82) is 0 Å². The summed E-state index contributed by atoms with van der Waals surface area (Å²) in [5.41, 5.74) is 1.54. The lowest BCUT2D eigenvalue weighted by molar-refractivity contribution is -0.121. The Kier molecular flexibility index (Phi) is 6.77. The fourth-order valence-corrected chi connectivity index (χ4v) is 3.48. The number of ether oxygens (including phenoxy) is 1. The van der Waals surface area contributed by atoms with E-state index >= 15 is 0 Å². The predicted octanol–water partition coefficient (Wildman–Crippen LogP) is 3.85. The fraction of sp³-hybridized carbons (Fsp3) is 0.250. The fourth-order valence-electron chi connectivity index (χ4n) is 3.48. The second-order valence-electron chi connectivity index (χ2n) is 7.55. The number of aromatic nitrogens is 4. The van der Waals surface area contributed by atoms with Gasteiger partial charge in [-0.05, 0) is 48.4 Å². The number of halogens is 1. The smallest absolute Gasteiger partial charge is 0.226 e. The number of hydrogen-bond donors (Lipinski definition) is 1. The molecular formula is C24H24FN5O3. The van der Waals surface area contributed by atoms with Crippen molar-refractivity contribution in [2.75, 3.05) is 7.11 Å². The SMILES string of the molecule is COc1cccc(C(NC(=O)CCCc2nc(-c3ccc(F)cc3)no2)c2nccn2C)c1. The van der Waals surface area contributed by atoms with E-state index < -0.39 is 6.04 Å². The third-order valence-electron chi connectivity index (χ3n) is 5.21. The molecule has 2 aromatic heterocycles. The first-order chi connectivity index (χ1) is 16.0. The van der Waals surface area contributed by atoms with Crippen molar-refractivity contribution in [3.8, 4) is 17.1 Å². The third kappa shape index (κ3) is 5.43. The summed E-state index contributed by atoms with van der Waals surface area (Å²) in [6.07, 6.45) is 4.79. The summed E-state index contributed by atoms with van der Waals surface area (Å²) < 4.78 is 25.6. The summed E-state index contributed by atoms with van der Waals surface area (Å²) >= 11 is 0. The van der Waals surface area contributed by atoms with Crippen molar-refractivity contribution in [1.82, 2.24) is 25.0 Å². The summed E-state index contributed by atoms with van der Waals surface area (Å²) in [5, 5.41) is 7.00. The van der Waals surface area contributed by atoms with Crippen LogP contribution < -0.4 is 10.1 Å². The molecule has 4 aromatic rings. The highest BCUT2D eigenvalue weighted by Gasteiger charge is 2.21. The van der Waals surface area contributed by atoms with Gasteiger partial charge in [0.05, 0.1) is 7.11 Å². The summed E-state index contributed by atoms with van der Waals surface area (Å²) in [5.74, 6) is 1.79. The van der Waals surface area contributed by atoms with Crippen molar-refractivity contribution in [3.05, 3.63) is 84.0 Å². The lowest BCUT2D eigenvalue weighted by Gasteiger charge is -2.19. The monoisotopic (exact) mass is 449 g/mol. The van der Waals surface area contributed by atoms with E-state index in [-0.39, 0.29) is 18.1 Å². The molecule has 33 heavy (non-hydrogen) atoms. The molecule has 1 amide bonds. The number of nitrogens with one attached hydrogen (secondary N) is 1. The number of rotatable bonds is 9. The summed E-state index contributed by atoms with van der Waals surface area (Å²) in [6, 6.07) is 13.0. The minimum absolute atomic E-state index is 0.121. The van der Waals surface area contributed by atoms with Crippen molar-refractivity contribution in [2.24, 2.45) is 7.05 Å². The second kappa shape index (κ2) is 10.1. The van der Waals surface area contributed by atoms with E-state index in [2.05, 4.69) is 20.4 Å². The molecule has 4 rings (SSSR count). The molecule has 0 saturated heterocycles. The largest absolute Gasteiger partial charge is 0.497 e. The van der Waals surface area contributed by atoms with Gasteiger partial charge >= 0.3 is 0 Å². The van der Waals surface area contributed by atoms with Gasteiger partial charge in [0.25, 0.3) is 0 Å². The summed E-state index contributed by atoms with van der Waals surface area (Å²) in [4.78, 5) is 21.5. The summed E-state index contributed by atoms with van der Waals surface area (Å²) in [6.45, 7) is 0. The number of imidazole rings is 1. The molecule has 0 bridgehead atoms. The van der Waals surface area contributed by atoms with Crippen LogP contribution in [0, 0.1) is 5.82 Å². The van der Waals surface area contributed by atoms with Crippen LogP contribution in [0.3, 0.4) is 0 Å². The molecule has 0 radical (unpaired) electrons. The predicted molar refractivity (Wildman–Crippen MR) is 119 cm³/mol. The average molecular weight is 449 g/mol. The number of nitrogens with zero attached hydrogens (tertiary/aromatic N) is 4. The number of amides is 1. The van der Waals surface area contributed by atoms with Crippen molar-refractivity contribution in [3.63, 3.8) is 0 Å². The van der Waals surface area contributed by atoms with Gasteiger partial charge in [-0.25, -0.2) is 9.37 Å².